The minimum Gasteiger partial charge on any atom is -0.382 e. The molecule has 6 nitrogen and oxygen atoms in total. The van der Waals surface area contributed by atoms with Crippen LogP contribution in [0.1, 0.15) is 50.4 Å². The number of nitrogens with one attached hydrogen (secondary N) is 1. The molecule has 0 saturated carbocycles. The molecule has 3 heterocycles. The van der Waals surface area contributed by atoms with Crippen LogP contribution in [-0.2, 0) is 5.60 Å². The molecule has 2 N–H and O–H groups in total. The van der Waals surface area contributed by atoms with Crippen molar-refractivity contribution in [2.75, 3.05) is 5.32 Å². The third-order valence-electron chi connectivity index (χ3n) is 5.42. The minimum absolute atomic E-state index is 0.345. The number of halogens is 2. The second-order valence-corrected chi connectivity index (χ2v) is 8.90. The van der Waals surface area contributed by atoms with Gasteiger partial charge in [0.25, 0.3) is 0 Å². The Labute approximate surface area is 196 Å². The number of nitrogens with zero attached hydrogens (tertiary/aromatic N) is 4. The number of aliphatic hydroxyl groups is 1. The van der Waals surface area contributed by atoms with E-state index in [0.717, 1.165) is 27.7 Å². The summed E-state index contributed by atoms with van der Waals surface area (Å²) in [4.78, 5) is 17.4. The van der Waals surface area contributed by atoms with Crippen LogP contribution in [0, 0.1) is 12.7 Å². The number of anilines is 1. The fraction of sp³-hybridized carbons (Fsp3) is 0.280. The highest BCUT2D eigenvalue weighted by atomic mass is 35.5. The quantitative estimate of drug-likeness (QED) is 0.364. The fourth-order valence-corrected chi connectivity index (χ4v) is 3.83. The molecular formula is C25H25ClFN5O. The first-order valence-corrected chi connectivity index (χ1v) is 11.1. The number of hydrogen-bond acceptors (Lipinski definition) is 6. The highest BCUT2D eigenvalue weighted by Gasteiger charge is 2.21. The number of benzene rings is 1. The standard InChI is InChI=1S/C25H25ClFN5O/c1-5-20(23-19(27)8-6-14(2)31-23)32-22-17-10-15(7-9-21(17)28-13-18(22)26)16-11-29-24(30-12-16)25(3,4)33/h6-13,20,33H,5H2,1-4H3,(H,28,32). The number of fused-ring (bicyclic) bond motifs is 1. The summed E-state index contributed by atoms with van der Waals surface area (Å²) in [5, 5.41) is 14.7. The molecule has 3 aromatic heterocycles. The zero-order valence-electron chi connectivity index (χ0n) is 18.9. The van der Waals surface area contributed by atoms with E-state index < -0.39 is 5.60 Å². The topological polar surface area (TPSA) is 83.8 Å². The zero-order valence-corrected chi connectivity index (χ0v) is 19.7. The second-order valence-electron chi connectivity index (χ2n) is 8.49. The van der Waals surface area contributed by atoms with Gasteiger partial charge in [0.2, 0.25) is 0 Å². The third kappa shape index (κ3) is 4.79. The maximum absolute atomic E-state index is 14.5. The van der Waals surface area contributed by atoms with Gasteiger partial charge >= 0.3 is 0 Å². The van der Waals surface area contributed by atoms with E-state index in [2.05, 4.69) is 25.3 Å². The Bertz CT molecular complexity index is 1300. The maximum atomic E-state index is 14.5. The van der Waals surface area contributed by atoms with Gasteiger partial charge < -0.3 is 10.4 Å². The van der Waals surface area contributed by atoms with Crippen molar-refractivity contribution in [3.05, 3.63) is 77.0 Å². The highest BCUT2D eigenvalue weighted by molar-refractivity contribution is 6.34. The van der Waals surface area contributed by atoms with Crippen LogP contribution in [0.15, 0.2) is 48.9 Å². The van der Waals surface area contributed by atoms with Gasteiger partial charge in [-0.05, 0) is 57.0 Å². The van der Waals surface area contributed by atoms with Crippen molar-refractivity contribution in [3.8, 4) is 11.1 Å². The van der Waals surface area contributed by atoms with E-state index in [9.17, 15) is 9.50 Å². The summed E-state index contributed by atoms with van der Waals surface area (Å²) in [6, 6.07) is 8.48. The van der Waals surface area contributed by atoms with Crippen LogP contribution in [0.2, 0.25) is 5.02 Å². The molecule has 33 heavy (non-hydrogen) atoms. The van der Waals surface area contributed by atoms with Gasteiger partial charge in [-0.3, -0.25) is 9.97 Å². The Kier molecular flexibility index (Phi) is 6.28. The van der Waals surface area contributed by atoms with Crippen molar-refractivity contribution >= 4 is 28.2 Å². The van der Waals surface area contributed by atoms with Gasteiger partial charge in [0.15, 0.2) is 5.82 Å². The molecule has 0 bridgehead atoms. The van der Waals surface area contributed by atoms with E-state index in [1.165, 1.54) is 6.07 Å². The lowest BCUT2D eigenvalue weighted by atomic mass is 10.0. The lowest BCUT2D eigenvalue weighted by Crippen LogP contribution is -2.19. The molecule has 0 amide bonds. The highest BCUT2D eigenvalue weighted by Crippen LogP contribution is 2.36. The lowest BCUT2D eigenvalue weighted by molar-refractivity contribution is 0.0687. The van der Waals surface area contributed by atoms with Crippen LogP contribution in [0.3, 0.4) is 0 Å². The molecular weight excluding hydrogens is 441 g/mol. The lowest BCUT2D eigenvalue weighted by Gasteiger charge is -2.21. The van der Waals surface area contributed by atoms with Gasteiger partial charge in [0, 0.05) is 35.2 Å². The van der Waals surface area contributed by atoms with Gasteiger partial charge in [-0.15, -0.1) is 0 Å². The summed E-state index contributed by atoms with van der Waals surface area (Å²) in [5.74, 6) is -0.0169. The van der Waals surface area contributed by atoms with E-state index in [-0.39, 0.29) is 11.9 Å². The molecule has 8 heteroatoms. The second kappa shape index (κ2) is 9.00. The Morgan fingerprint density at radius 2 is 1.79 bits per heavy atom. The first kappa shape index (κ1) is 23.0. The van der Waals surface area contributed by atoms with Crippen LogP contribution >= 0.6 is 11.6 Å². The van der Waals surface area contributed by atoms with Crippen LogP contribution in [-0.4, -0.2) is 25.0 Å². The molecule has 0 aliphatic rings. The average Bonchev–Trinajstić information content (AvgIpc) is 2.79. The van der Waals surface area contributed by atoms with E-state index in [1.807, 2.05) is 32.0 Å². The van der Waals surface area contributed by atoms with Gasteiger partial charge in [-0.25, -0.2) is 14.4 Å². The number of aryl methyl sites for hydroxylation is 1. The van der Waals surface area contributed by atoms with Crippen molar-refractivity contribution in [3.63, 3.8) is 0 Å². The molecule has 0 fully saturated rings. The van der Waals surface area contributed by atoms with E-state index in [0.29, 0.717) is 28.6 Å². The Hall–Kier alpha value is -3.16. The number of aromatic nitrogens is 4. The number of hydrogen-bond donors (Lipinski definition) is 2. The fourth-order valence-electron chi connectivity index (χ4n) is 3.63. The first-order valence-electron chi connectivity index (χ1n) is 10.7. The van der Waals surface area contributed by atoms with Crippen molar-refractivity contribution < 1.29 is 9.50 Å². The van der Waals surface area contributed by atoms with E-state index >= 15 is 0 Å². The van der Waals surface area contributed by atoms with Crippen LogP contribution in [0.4, 0.5) is 10.1 Å². The molecule has 0 radical (unpaired) electrons. The number of rotatable bonds is 6. The monoisotopic (exact) mass is 465 g/mol. The normalized spacial score (nSPS) is 12.7. The molecule has 0 saturated heterocycles. The summed E-state index contributed by atoms with van der Waals surface area (Å²) >= 11 is 6.54. The SMILES string of the molecule is CCC(Nc1c(Cl)cnc2ccc(-c3cnc(C(C)(C)O)nc3)cc12)c1nc(C)ccc1F. The molecule has 0 aliphatic heterocycles. The van der Waals surface area contributed by atoms with E-state index in [1.54, 1.807) is 38.5 Å². The smallest absolute Gasteiger partial charge is 0.159 e. The zero-order chi connectivity index (χ0) is 23.8. The summed E-state index contributed by atoms with van der Waals surface area (Å²) in [6.07, 6.45) is 5.54. The molecule has 0 spiro atoms. The molecule has 1 aromatic carbocycles. The van der Waals surface area contributed by atoms with Gasteiger partial charge in [-0.1, -0.05) is 24.6 Å². The largest absolute Gasteiger partial charge is 0.382 e. The predicted octanol–water partition coefficient (Wildman–Crippen LogP) is 5.98. The molecule has 170 valence electrons. The molecule has 0 aliphatic carbocycles. The van der Waals surface area contributed by atoms with Crippen LogP contribution in [0.5, 0.6) is 0 Å². The first-order chi connectivity index (χ1) is 15.7. The van der Waals surface area contributed by atoms with E-state index in [4.69, 9.17) is 11.6 Å². The molecule has 1 atom stereocenters. The number of pyridine rings is 2. The minimum atomic E-state index is -1.12. The van der Waals surface area contributed by atoms with Crippen molar-refractivity contribution in [1.82, 2.24) is 19.9 Å². The molecule has 1 unspecified atom stereocenters. The summed E-state index contributed by atoms with van der Waals surface area (Å²) < 4.78 is 14.5. The Morgan fingerprint density at radius 1 is 1.06 bits per heavy atom. The maximum Gasteiger partial charge on any atom is 0.159 e. The van der Waals surface area contributed by atoms with Crippen LogP contribution < -0.4 is 5.32 Å². The average molecular weight is 466 g/mol. The third-order valence-corrected chi connectivity index (χ3v) is 5.71. The van der Waals surface area contributed by atoms with Crippen molar-refractivity contribution in [1.29, 1.82) is 0 Å². The molecule has 4 aromatic rings. The summed E-state index contributed by atoms with van der Waals surface area (Å²) in [5.41, 5.74) is 3.03. The Balaban J connectivity index is 1.77. The van der Waals surface area contributed by atoms with Crippen LogP contribution in [0.25, 0.3) is 22.0 Å². The predicted molar refractivity (Wildman–Crippen MR) is 129 cm³/mol. The Morgan fingerprint density at radius 3 is 2.45 bits per heavy atom. The van der Waals surface area contributed by atoms with Gasteiger partial charge in [0.1, 0.15) is 11.4 Å². The summed E-state index contributed by atoms with van der Waals surface area (Å²) in [7, 11) is 0. The van der Waals surface area contributed by atoms with Gasteiger partial charge in [0.05, 0.1) is 28.0 Å². The van der Waals surface area contributed by atoms with Crippen molar-refractivity contribution in [2.45, 2.75) is 45.8 Å². The van der Waals surface area contributed by atoms with Crippen molar-refractivity contribution in [2.24, 2.45) is 0 Å². The summed E-state index contributed by atoms with van der Waals surface area (Å²) in [6.45, 7) is 7.08. The molecule has 4 rings (SSSR count). The van der Waals surface area contributed by atoms with Gasteiger partial charge in [-0.2, -0.15) is 0 Å².